The lowest BCUT2D eigenvalue weighted by atomic mass is 9.96. The number of halogens is 1. The zero-order chi connectivity index (χ0) is 19.5. The van der Waals surface area contributed by atoms with Gasteiger partial charge in [0.1, 0.15) is 12.0 Å². The number of carboxylic acid groups (broad SMARTS) is 1. The second kappa shape index (κ2) is 8.12. The maximum atomic E-state index is 13.9. The number of hydrogen-bond donors (Lipinski definition) is 4. The molecular weight excluding hydrogens is 361 g/mol. The zero-order valence-electron chi connectivity index (χ0n) is 15.5. The Balaban J connectivity index is 1.53. The minimum Gasteiger partial charge on any atom is -0.478 e. The highest BCUT2D eigenvalue weighted by molar-refractivity contribution is 5.94. The van der Waals surface area contributed by atoms with Gasteiger partial charge >= 0.3 is 5.97 Å². The fourth-order valence-corrected chi connectivity index (χ4v) is 3.93. The molecule has 1 aromatic carbocycles. The van der Waals surface area contributed by atoms with E-state index in [1.807, 2.05) is 5.01 Å². The second-order valence-corrected chi connectivity index (χ2v) is 7.29. The summed E-state index contributed by atoms with van der Waals surface area (Å²) in [4.78, 5) is 15.5. The molecule has 0 spiro atoms. The second-order valence-electron chi connectivity index (χ2n) is 7.29. The van der Waals surface area contributed by atoms with Gasteiger partial charge in [0, 0.05) is 18.3 Å². The Labute approximate surface area is 162 Å². The Kier molecular flexibility index (Phi) is 5.40. The first kappa shape index (κ1) is 18.6. The minimum absolute atomic E-state index is 0.126. The third-order valence-electron chi connectivity index (χ3n) is 5.39. The van der Waals surface area contributed by atoms with E-state index in [1.165, 1.54) is 43.4 Å². The molecule has 1 fully saturated rings. The molecule has 2 unspecified atom stereocenters. The summed E-state index contributed by atoms with van der Waals surface area (Å²) in [5.41, 5.74) is 5.53. The van der Waals surface area contributed by atoms with Crippen molar-refractivity contribution in [2.45, 2.75) is 25.4 Å². The molecule has 0 aliphatic carbocycles. The molecule has 3 heterocycles. The molecule has 2 aromatic rings. The highest BCUT2D eigenvalue weighted by Gasteiger charge is 2.30. The molecule has 28 heavy (non-hydrogen) atoms. The van der Waals surface area contributed by atoms with E-state index in [2.05, 4.69) is 21.0 Å². The molecule has 1 aromatic heterocycles. The van der Waals surface area contributed by atoms with Crippen molar-refractivity contribution in [2.75, 3.05) is 30.0 Å². The van der Waals surface area contributed by atoms with Crippen LogP contribution in [-0.2, 0) is 0 Å². The first-order valence-electron chi connectivity index (χ1n) is 9.59. The van der Waals surface area contributed by atoms with Gasteiger partial charge in [-0.25, -0.2) is 14.6 Å². The van der Waals surface area contributed by atoms with E-state index in [0.717, 1.165) is 37.3 Å². The molecule has 8 heteroatoms. The highest BCUT2D eigenvalue weighted by Crippen LogP contribution is 2.35. The van der Waals surface area contributed by atoms with Crippen LogP contribution >= 0.6 is 0 Å². The molecule has 148 valence electrons. The predicted octanol–water partition coefficient (Wildman–Crippen LogP) is 2.74. The van der Waals surface area contributed by atoms with Crippen LogP contribution in [0.3, 0.4) is 0 Å². The van der Waals surface area contributed by atoms with E-state index < -0.39 is 12.1 Å². The number of carboxylic acids is 1. The summed E-state index contributed by atoms with van der Waals surface area (Å²) in [5.74, 6) is -0.734. The number of nitrogens with zero attached hydrogens (tertiary/aromatic N) is 2. The van der Waals surface area contributed by atoms with Crippen LogP contribution in [0.25, 0.3) is 0 Å². The van der Waals surface area contributed by atoms with Gasteiger partial charge in [-0.15, -0.1) is 0 Å². The maximum Gasteiger partial charge on any atom is 0.337 e. The van der Waals surface area contributed by atoms with Crippen LogP contribution in [0.2, 0.25) is 0 Å². The van der Waals surface area contributed by atoms with Gasteiger partial charge in [0.25, 0.3) is 0 Å². The average molecular weight is 385 g/mol. The van der Waals surface area contributed by atoms with Gasteiger partial charge in [-0.1, -0.05) is 0 Å². The van der Waals surface area contributed by atoms with E-state index >= 15 is 0 Å². The fraction of sp³-hybridized carbons (Fsp3) is 0.400. The topological polar surface area (TPSA) is 89.5 Å². The molecule has 2 atom stereocenters. The van der Waals surface area contributed by atoms with Crippen molar-refractivity contribution in [2.24, 2.45) is 5.92 Å². The van der Waals surface area contributed by atoms with Crippen LogP contribution in [0.4, 0.5) is 15.8 Å². The number of aromatic carboxylic acids is 1. The maximum absolute atomic E-state index is 13.9. The smallest absolute Gasteiger partial charge is 0.337 e. The lowest BCUT2D eigenvalue weighted by molar-refractivity contribution is 0.0697. The molecule has 4 N–H and O–H groups in total. The Morgan fingerprint density at radius 1 is 1.39 bits per heavy atom. The van der Waals surface area contributed by atoms with E-state index in [-0.39, 0.29) is 11.4 Å². The number of pyridine rings is 1. The SMILES string of the molecule is O=C(O)c1ccncc1NC1NN(CCC2CCCNC2)c2ccc(F)cc21. The Morgan fingerprint density at radius 2 is 2.29 bits per heavy atom. The summed E-state index contributed by atoms with van der Waals surface area (Å²) >= 11 is 0. The fourth-order valence-electron chi connectivity index (χ4n) is 3.93. The summed E-state index contributed by atoms with van der Waals surface area (Å²) in [7, 11) is 0. The van der Waals surface area contributed by atoms with E-state index in [0.29, 0.717) is 11.6 Å². The number of anilines is 2. The summed E-state index contributed by atoms with van der Waals surface area (Å²) in [5, 5.41) is 18.0. The van der Waals surface area contributed by atoms with Crippen molar-refractivity contribution in [3.8, 4) is 0 Å². The first-order valence-corrected chi connectivity index (χ1v) is 9.59. The molecule has 4 rings (SSSR count). The van der Waals surface area contributed by atoms with Gasteiger partial charge in [-0.2, -0.15) is 0 Å². The summed E-state index contributed by atoms with van der Waals surface area (Å²) in [6.45, 7) is 2.91. The molecule has 1 saturated heterocycles. The van der Waals surface area contributed by atoms with Crippen LogP contribution in [-0.4, -0.2) is 35.7 Å². The van der Waals surface area contributed by atoms with Crippen molar-refractivity contribution in [3.63, 3.8) is 0 Å². The quantitative estimate of drug-likeness (QED) is 0.608. The molecule has 0 bridgehead atoms. The monoisotopic (exact) mass is 385 g/mol. The standard InChI is InChI=1S/C20H24FN5O2/c21-14-3-4-18-16(10-14)19(24-17-12-23-8-5-15(17)20(27)28)25-26(18)9-6-13-2-1-7-22-11-13/h3-5,8,10,12-13,19,22,24-25H,1-2,6-7,9,11H2,(H,27,28). The van der Waals surface area contributed by atoms with Gasteiger partial charge in [-0.3, -0.25) is 4.98 Å². The molecule has 7 nitrogen and oxygen atoms in total. The number of piperidine rings is 1. The number of rotatable bonds is 6. The van der Waals surface area contributed by atoms with Crippen molar-refractivity contribution in [1.29, 1.82) is 0 Å². The molecular formula is C20H24FN5O2. The van der Waals surface area contributed by atoms with Gasteiger partial charge in [0.15, 0.2) is 0 Å². The van der Waals surface area contributed by atoms with Gasteiger partial charge in [0.2, 0.25) is 0 Å². The number of benzene rings is 1. The minimum atomic E-state index is -1.04. The van der Waals surface area contributed by atoms with Gasteiger partial charge < -0.3 is 20.7 Å². The average Bonchev–Trinajstić information content (AvgIpc) is 3.04. The lowest BCUT2D eigenvalue weighted by Gasteiger charge is -2.27. The molecule has 2 aliphatic rings. The molecule has 0 saturated carbocycles. The third kappa shape index (κ3) is 3.93. The van der Waals surface area contributed by atoms with Crippen LogP contribution in [0.1, 0.15) is 41.3 Å². The van der Waals surface area contributed by atoms with Crippen LogP contribution in [0, 0.1) is 11.7 Å². The number of hydrazine groups is 1. The van der Waals surface area contributed by atoms with Gasteiger partial charge in [0.05, 0.1) is 23.1 Å². The first-order chi connectivity index (χ1) is 13.6. The Bertz CT molecular complexity index is 856. The van der Waals surface area contributed by atoms with E-state index in [1.54, 1.807) is 6.07 Å². The van der Waals surface area contributed by atoms with Crippen molar-refractivity contribution >= 4 is 17.3 Å². The number of nitrogens with one attached hydrogen (secondary N) is 3. The van der Waals surface area contributed by atoms with Crippen LogP contribution < -0.4 is 21.1 Å². The Hall–Kier alpha value is -2.71. The third-order valence-corrected chi connectivity index (χ3v) is 5.39. The molecule has 0 amide bonds. The van der Waals surface area contributed by atoms with Crippen molar-refractivity contribution in [3.05, 3.63) is 53.6 Å². The van der Waals surface area contributed by atoms with Crippen molar-refractivity contribution < 1.29 is 14.3 Å². The number of fused-ring (bicyclic) bond motifs is 1. The Morgan fingerprint density at radius 3 is 3.07 bits per heavy atom. The number of aromatic nitrogens is 1. The summed E-state index contributed by atoms with van der Waals surface area (Å²) < 4.78 is 13.9. The molecule has 2 aliphatic heterocycles. The molecule has 0 radical (unpaired) electrons. The number of carbonyl (C=O) groups is 1. The normalized spacial score (nSPS) is 21.4. The van der Waals surface area contributed by atoms with E-state index in [9.17, 15) is 14.3 Å². The van der Waals surface area contributed by atoms with E-state index in [4.69, 9.17) is 0 Å². The number of hydrogen-bond acceptors (Lipinski definition) is 6. The summed E-state index contributed by atoms with van der Waals surface area (Å²) in [6.07, 6.45) is 5.92. The summed E-state index contributed by atoms with van der Waals surface area (Å²) in [6, 6.07) is 6.14. The largest absolute Gasteiger partial charge is 0.478 e. The lowest BCUT2D eigenvalue weighted by Crippen LogP contribution is -2.40. The van der Waals surface area contributed by atoms with Gasteiger partial charge in [-0.05, 0) is 62.5 Å². The van der Waals surface area contributed by atoms with Crippen LogP contribution in [0.5, 0.6) is 0 Å². The zero-order valence-corrected chi connectivity index (χ0v) is 15.5. The highest BCUT2D eigenvalue weighted by atomic mass is 19.1. The predicted molar refractivity (Wildman–Crippen MR) is 105 cm³/mol. The van der Waals surface area contributed by atoms with Crippen LogP contribution in [0.15, 0.2) is 36.7 Å². The van der Waals surface area contributed by atoms with Crippen molar-refractivity contribution in [1.82, 2.24) is 15.7 Å².